The first kappa shape index (κ1) is 24.7. The quantitative estimate of drug-likeness (QED) is 0.116. The fraction of sp³-hybridized carbons (Fsp3) is 0.120. The van der Waals surface area contributed by atoms with Gasteiger partial charge in [0.25, 0.3) is 11.6 Å². The van der Waals surface area contributed by atoms with Gasteiger partial charge in [-0.15, -0.1) is 0 Å². The number of nitrogens with zero attached hydrogens (tertiary/aromatic N) is 2. The molecule has 3 rings (SSSR count). The van der Waals surface area contributed by atoms with Crippen LogP contribution in [0.5, 0.6) is 11.5 Å². The summed E-state index contributed by atoms with van der Waals surface area (Å²) in [6, 6.07) is 20.5. The lowest BCUT2D eigenvalue weighted by Crippen LogP contribution is -2.13. The largest absolute Gasteiger partial charge is 0.490 e. The molecule has 0 unspecified atom stereocenters. The van der Waals surface area contributed by atoms with Gasteiger partial charge in [0.05, 0.1) is 15.1 Å². The van der Waals surface area contributed by atoms with Crippen molar-refractivity contribution in [1.82, 2.24) is 0 Å². The van der Waals surface area contributed by atoms with Crippen LogP contribution in [0.4, 0.5) is 11.4 Å². The van der Waals surface area contributed by atoms with Crippen molar-refractivity contribution in [2.75, 3.05) is 11.9 Å². The van der Waals surface area contributed by atoms with Crippen molar-refractivity contribution >= 4 is 45.9 Å². The Morgan fingerprint density at radius 3 is 2.59 bits per heavy atom. The van der Waals surface area contributed by atoms with E-state index in [1.807, 2.05) is 19.1 Å². The minimum atomic E-state index is -0.521. The number of benzene rings is 3. The number of hydrogen-bond acceptors (Lipinski definition) is 6. The highest BCUT2D eigenvalue weighted by molar-refractivity contribution is 14.1. The predicted molar refractivity (Wildman–Crippen MR) is 136 cm³/mol. The summed E-state index contributed by atoms with van der Waals surface area (Å²) >= 11 is 2.08. The molecule has 8 nitrogen and oxygen atoms in total. The smallest absolute Gasteiger partial charge is 0.269 e. The standard InChI is InChI=1S/C25H20IN3O5/c1-2-33-23-14-18(11-19(15-27)25(30)28-20-8-4-3-5-9-20)13-22(26)24(23)34-16-17-7-6-10-21(12-17)29(31)32/h3-14H,2,16H2,1H3,(H,28,30)/b19-11+. The zero-order valence-electron chi connectivity index (χ0n) is 18.2. The van der Waals surface area contributed by atoms with E-state index in [2.05, 4.69) is 27.9 Å². The fourth-order valence-electron chi connectivity index (χ4n) is 3.02. The number of nitro benzene ring substituents is 1. The monoisotopic (exact) mass is 569 g/mol. The van der Waals surface area contributed by atoms with Crippen LogP contribution in [0.3, 0.4) is 0 Å². The normalized spacial score (nSPS) is 10.8. The Kier molecular flexibility index (Phi) is 8.59. The van der Waals surface area contributed by atoms with Gasteiger partial charge in [-0.1, -0.05) is 30.3 Å². The molecule has 0 saturated heterocycles. The van der Waals surface area contributed by atoms with E-state index in [9.17, 15) is 20.2 Å². The zero-order valence-corrected chi connectivity index (χ0v) is 20.3. The molecule has 0 atom stereocenters. The molecule has 0 fully saturated rings. The topological polar surface area (TPSA) is 114 Å². The van der Waals surface area contributed by atoms with Crippen molar-refractivity contribution in [3.05, 3.63) is 97.1 Å². The van der Waals surface area contributed by atoms with Gasteiger partial charge in [0, 0.05) is 17.8 Å². The van der Waals surface area contributed by atoms with Gasteiger partial charge < -0.3 is 14.8 Å². The molecular weight excluding hydrogens is 549 g/mol. The van der Waals surface area contributed by atoms with E-state index >= 15 is 0 Å². The van der Waals surface area contributed by atoms with Gasteiger partial charge in [0.2, 0.25) is 0 Å². The third-order valence-corrected chi connectivity index (χ3v) is 5.35. The van der Waals surface area contributed by atoms with E-state index in [-0.39, 0.29) is 17.9 Å². The number of para-hydroxylation sites is 1. The predicted octanol–water partition coefficient (Wildman–Crippen LogP) is 5.72. The molecule has 34 heavy (non-hydrogen) atoms. The summed E-state index contributed by atoms with van der Waals surface area (Å²) in [5.74, 6) is 0.387. The number of ether oxygens (including phenoxy) is 2. The molecule has 1 amide bonds. The SMILES string of the molecule is CCOc1cc(/C=C(\C#N)C(=O)Nc2ccccc2)cc(I)c1OCc1cccc([N+](=O)[O-])c1. The van der Waals surface area contributed by atoms with Gasteiger partial charge in [0.15, 0.2) is 11.5 Å². The molecule has 0 aromatic heterocycles. The fourth-order valence-corrected chi connectivity index (χ4v) is 3.81. The zero-order chi connectivity index (χ0) is 24.5. The Bertz CT molecular complexity index is 1270. The molecule has 0 bridgehead atoms. The average Bonchev–Trinajstić information content (AvgIpc) is 2.83. The lowest BCUT2D eigenvalue weighted by Gasteiger charge is -2.15. The van der Waals surface area contributed by atoms with E-state index in [0.717, 1.165) is 0 Å². The lowest BCUT2D eigenvalue weighted by molar-refractivity contribution is -0.384. The number of nitrogens with one attached hydrogen (secondary N) is 1. The second-order valence-electron chi connectivity index (χ2n) is 6.97. The van der Waals surface area contributed by atoms with Crippen LogP contribution < -0.4 is 14.8 Å². The first-order valence-corrected chi connectivity index (χ1v) is 11.3. The van der Waals surface area contributed by atoms with Crippen LogP contribution in [-0.4, -0.2) is 17.4 Å². The first-order valence-electron chi connectivity index (χ1n) is 10.2. The number of nitro groups is 1. The summed E-state index contributed by atoms with van der Waals surface area (Å²) in [4.78, 5) is 23.1. The second-order valence-corrected chi connectivity index (χ2v) is 8.13. The van der Waals surface area contributed by atoms with Gasteiger partial charge in [-0.2, -0.15) is 5.26 Å². The van der Waals surface area contributed by atoms with Gasteiger partial charge in [0.1, 0.15) is 18.2 Å². The number of nitriles is 1. The van der Waals surface area contributed by atoms with E-state index in [1.165, 1.54) is 18.2 Å². The summed E-state index contributed by atoms with van der Waals surface area (Å²) < 4.78 is 12.4. The number of amides is 1. The second kappa shape index (κ2) is 11.8. The molecule has 0 radical (unpaired) electrons. The molecule has 172 valence electrons. The highest BCUT2D eigenvalue weighted by atomic mass is 127. The van der Waals surface area contributed by atoms with Crippen molar-refractivity contribution in [3.8, 4) is 17.6 Å². The van der Waals surface area contributed by atoms with Gasteiger partial charge in [-0.25, -0.2) is 0 Å². The third-order valence-electron chi connectivity index (χ3n) is 4.54. The molecule has 0 aliphatic heterocycles. The number of halogens is 1. The van der Waals surface area contributed by atoms with Crippen molar-refractivity contribution in [3.63, 3.8) is 0 Å². The molecule has 1 N–H and O–H groups in total. The van der Waals surface area contributed by atoms with Crippen molar-refractivity contribution in [2.24, 2.45) is 0 Å². The molecule has 0 aliphatic carbocycles. The third kappa shape index (κ3) is 6.55. The van der Waals surface area contributed by atoms with Crippen LogP contribution in [0.1, 0.15) is 18.1 Å². The Balaban J connectivity index is 1.84. The molecule has 9 heteroatoms. The maximum Gasteiger partial charge on any atom is 0.269 e. The molecule has 0 saturated carbocycles. The number of anilines is 1. The molecule has 0 spiro atoms. The molecule has 3 aromatic carbocycles. The molecule has 0 aliphatic rings. The molecule has 0 heterocycles. The summed E-state index contributed by atoms with van der Waals surface area (Å²) in [6.45, 7) is 2.31. The Hall–Kier alpha value is -3.91. The average molecular weight is 569 g/mol. The van der Waals surface area contributed by atoms with E-state index in [0.29, 0.717) is 38.5 Å². The van der Waals surface area contributed by atoms with E-state index in [1.54, 1.807) is 48.5 Å². The van der Waals surface area contributed by atoms with Crippen molar-refractivity contribution in [1.29, 1.82) is 5.26 Å². The van der Waals surface area contributed by atoms with Crippen LogP contribution in [0.15, 0.2) is 72.3 Å². The van der Waals surface area contributed by atoms with Crippen molar-refractivity contribution < 1.29 is 19.2 Å². The summed E-state index contributed by atoms with van der Waals surface area (Å²) in [7, 11) is 0. The Morgan fingerprint density at radius 2 is 1.91 bits per heavy atom. The Labute approximate surface area is 210 Å². The van der Waals surface area contributed by atoms with Gasteiger partial charge in [-0.05, 0) is 71.0 Å². The molecule has 3 aromatic rings. The minimum Gasteiger partial charge on any atom is -0.490 e. The maximum atomic E-state index is 12.5. The Morgan fingerprint density at radius 1 is 1.15 bits per heavy atom. The van der Waals surface area contributed by atoms with Crippen LogP contribution in [0.25, 0.3) is 6.08 Å². The number of hydrogen-bond donors (Lipinski definition) is 1. The summed E-state index contributed by atoms with van der Waals surface area (Å²) in [5.41, 5.74) is 1.74. The lowest BCUT2D eigenvalue weighted by atomic mass is 10.1. The van der Waals surface area contributed by atoms with E-state index < -0.39 is 10.8 Å². The number of carbonyl (C=O) groups excluding carboxylic acids is 1. The van der Waals surface area contributed by atoms with Gasteiger partial charge >= 0.3 is 0 Å². The highest BCUT2D eigenvalue weighted by Gasteiger charge is 2.15. The van der Waals surface area contributed by atoms with E-state index in [4.69, 9.17) is 9.47 Å². The molecular formula is C25H20IN3O5. The van der Waals surface area contributed by atoms with Crippen LogP contribution >= 0.6 is 22.6 Å². The number of carbonyl (C=O) groups is 1. The summed E-state index contributed by atoms with van der Waals surface area (Å²) in [5, 5.41) is 23.2. The first-order chi connectivity index (χ1) is 16.4. The highest BCUT2D eigenvalue weighted by Crippen LogP contribution is 2.35. The van der Waals surface area contributed by atoms with Crippen molar-refractivity contribution in [2.45, 2.75) is 13.5 Å². The van der Waals surface area contributed by atoms with Crippen LogP contribution in [0.2, 0.25) is 0 Å². The van der Waals surface area contributed by atoms with Crippen LogP contribution in [-0.2, 0) is 11.4 Å². The maximum absolute atomic E-state index is 12.5. The minimum absolute atomic E-state index is 0.0147. The van der Waals surface area contributed by atoms with Gasteiger partial charge in [-0.3, -0.25) is 14.9 Å². The summed E-state index contributed by atoms with van der Waals surface area (Å²) in [6.07, 6.45) is 1.48. The number of rotatable bonds is 9. The number of non-ortho nitro benzene ring substituents is 1. The van der Waals surface area contributed by atoms with Crippen LogP contribution in [0, 0.1) is 25.0 Å².